The second-order valence-electron chi connectivity index (χ2n) is 13.4. The molecule has 0 N–H and O–H groups in total. The normalized spacial score (nSPS) is 20.4. The molecule has 0 amide bonds. The minimum Gasteiger partial charge on any atom is -0.201 e. The van der Waals surface area contributed by atoms with Crippen molar-refractivity contribution in [2.45, 2.75) is 98.3 Å². The zero-order valence-electron chi connectivity index (χ0n) is 23.4. The van der Waals surface area contributed by atoms with Crippen LogP contribution in [0.5, 0.6) is 0 Å². The first-order valence-corrected chi connectivity index (χ1v) is 14.4. The van der Waals surface area contributed by atoms with Crippen molar-refractivity contribution in [3.8, 4) is 22.4 Å². The number of aromatic nitrogens is 1. The molecule has 2 fully saturated rings. The Balaban J connectivity index is 1.42. The lowest BCUT2D eigenvalue weighted by Crippen LogP contribution is -2.34. The van der Waals surface area contributed by atoms with E-state index in [-0.39, 0.29) is 0 Å². The highest BCUT2D eigenvalue weighted by atomic mass is 14.9. The van der Waals surface area contributed by atoms with Gasteiger partial charge in [0.25, 0.3) is 0 Å². The molecule has 0 aliphatic heterocycles. The Kier molecular flexibility index (Phi) is 5.71. The Morgan fingerprint density at radius 1 is 0.778 bits per heavy atom. The average molecular weight is 479 g/mol. The van der Waals surface area contributed by atoms with Crippen LogP contribution < -0.4 is 4.57 Å². The van der Waals surface area contributed by atoms with Crippen LogP contribution in [0.25, 0.3) is 22.4 Å². The van der Waals surface area contributed by atoms with Gasteiger partial charge < -0.3 is 0 Å². The third-order valence-electron chi connectivity index (χ3n) is 10.5. The summed E-state index contributed by atoms with van der Waals surface area (Å²) in [6.07, 6.45) is 14.7. The van der Waals surface area contributed by atoms with Crippen molar-refractivity contribution < 1.29 is 4.57 Å². The number of benzene rings is 2. The van der Waals surface area contributed by atoms with Crippen molar-refractivity contribution in [1.82, 2.24) is 0 Å². The Labute approximate surface area is 219 Å². The van der Waals surface area contributed by atoms with Crippen LogP contribution in [0.2, 0.25) is 0 Å². The molecular formula is C35H44N+. The maximum absolute atomic E-state index is 2.60. The van der Waals surface area contributed by atoms with E-state index in [9.17, 15) is 0 Å². The van der Waals surface area contributed by atoms with E-state index < -0.39 is 0 Å². The predicted octanol–water partition coefficient (Wildman–Crippen LogP) is 8.92. The second-order valence-corrected chi connectivity index (χ2v) is 13.4. The molecule has 0 bridgehead atoms. The molecule has 1 heteroatoms. The third-order valence-corrected chi connectivity index (χ3v) is 10.5. The lowest BCUT2D eigenvalue weighted by molar-refractivity contribution is -0.660. The first kappa shape index (κ1) is 24.0. The summed E-state index contributed by atoms with van der Waals surface area (Å²) in [4.78, 5) is 0. The van der Waals surface area contributed by atoms with Crippen LogP contribution in [0.3, 0.4) is 0 Å². The molecule has 3 aliphatic rings. The van der Waals surface area contributed by atoms with Gasteiger partial charge in [0, 0.05) is 11.6 Å². The van der Waals surface area contributed by atoms with Crippen LogP contribution in [-0.4, -0.2) is 0 Å². The molecule has 1 spiro atoms. The zero-order chi connectivity index (χ0) is 25.2. The number of rotatable bonds is 2. The number of hydrogen-bond donors (Lipinski definition) is 0. The Morgan fingerprint density at radius 2 is 1.47 bits per heavy atom. The minimum absolute atomic E-state index is 0.560. The zero-order valence-corrected chi connectivity index (χ0v) is 23.4. The smallest absolute Gasteiger partial charge is 0.201 e. The van der Waals surface area contributed by atoms with Gasteiger partial charge in [-0.05, 0) is 134 Å². The highest BCUT2D eigenvalue weighted by molar-refractivity contribution is 5.87. The van der Waals surface area contributed by atoms with E-state index >= 15 is 0 Å². The molecule has 1 nitrogen and oxygen atoms in total. The van der Waals surface area contributed by atoms with Gasteiger partial charge in [-0.25, -0.2) is 4.57 Å². The molecule has 1 heterocycles. The fraction of sp³-hybridized carbons (Fsp3) is 0.514. The lowest BCUT2D eigenvalue weighted by Gasteiger charge is -2.47. The first-order valence-electron chi connectivity index (χ1n) is 14.4. The van der Waals surface area contributed by atoms with Crippen molar-refractivity contribution >= 4 is 0 Å². The Hall–Kier alpha value is -2.41. The van der Waals surface area contributed by atoms with Gasteiger partial charge in [0.1, 0.15) is 7.05 Å². The fourth-order valence-electron chi connectivity index (χ4n) is 7.83. The van der Waals surface area contributed by atoms with E-state index in [0.717, 1.165) is 6.42 Å². The van der Waals surface area contributed by atoms with Crippen LogP contribution in [0, 0.1) is 31.6 Å². The Morgan fingerprint density at radius 3 is 2.19 bits per heavy atom. The molecule has 3 aliphatic carbocycles. The molecule has 0 radical (unpaired) electrons. The number of pyridine rings is 1. The van der Waals surface area contributed by atoms with Gasteiger partial charge in [-0.1, -0.05) is 44.2 Å². The predicted molar refractivity (Wildman–Crippen MR) is 151 cm³/mol. The average Bonchev–Trinajstić information content (AvgIpc) is 3.23. The summed E-state index contributed by atoms with van der Waals surface area (Å²) in [7, 11) is 2.22. The molecule has 188 valence electrons. The molecule has 0 atom stereocenters. The van der Waals surface area contributed by atoms with E-state index in [4.69, 9.17) is 0 Å². The fourth-order valence-corrected chi connectivity index (χ4v) is 7.83. The van der Waals surface area contributed by atoms with Gasteiger partial charge in [0.15, 0.2) is 6.20 Å². The topological polar surface area (TPSA) is 3.88 Å². The van der Waals surface area contributed by atoms with Gasteiger partial charge in [0.05, 0.1) is 5.56 Å². The number of fused-ring (bicyclic) bond motifs is 3. The third kappa shape index (κ3) is 3.94. The van der Waals surface area contributed by atoms with Gasteiger partial charge in [-0.2, -0.15) is 0 Å². The van der Waals surface area contributed by atoms with E-state index in [0.29, 0.717) is 16.7 Å². The van der Waals surface area contributed by atoms with Crippen LogP contribution in [-0.2, 0) is 13.5 Å². The number of nitrogens with zero attached hydrogens (tertiary/aromatic N) is 1. The van der Waals surface area contributed by atoms with E-state index in [1.165, 1.54) is 90.4 Å². The summed E-state index contributed by atoms with van der Waals surface area (Å²) < 4.78 is 2.35. The van der Waals surface area contributed by atoms with Crippen molar-refractivity contribution in [2.24, 2.45) is 17.9 Å². The van der Waals surface area contributed by atoms with Crippen LogP contribution >= 0.6 is 0 Å². The van der Waals surface area contributed by atoms with Gasteiger partial charge in [-0.3, -0.25) is 0 Å². The summed E-state index contributed by atoms with van der Waals surface area (Å²) in [5.74, 6) is 0.701. The van der Waals surface area contributed by atoms with Crippen LogP contribution in [0.4, 0.5) is 0 Å². The molecule has 2 saturated carbocycles. The van der Waals surface area contributed by atoms with Gasteiger partial charge in [0.2, 0.25) is 5.69 Å². The van der Waals surface area contributed by atoms with Crippen molar-refractivity contribution in [3.63, 3.8) is 0 Å². The highest BCUT2D eigenvalue weighted by Gasteiger charge is 2.42. The van der Waals surface area contributed by atoms with Gasteiger partial charge >= 0.3 is 0 Å². The monoisotopic (exact) mass is 478 g/mol. The molecule has 36 heavy (non-hydrogen) atoms. The quantitative estimate of drug-likeness (QED) is 0.253. The number of hydrogen-bond acceptors (Lipinski definition) is 0. The summed E-state index contributed by atoms with van der Waals surface area (Å²) in [6, 6.07) is 14.2. The van der Waals surface area contributed by atoms with Crippen molar-refractivity contribution in [3.05, 3.63) is 76.0 Å². The molecule has 0 unspecified atom stereocenters. The van der Waals surface area contributed by atoms with E-state index in [2.05, 4.69) is 88.8 Å². The standard InChI is InChI=1S/C35H44N/c1-23-20-31(36(6)22-25(23)3)32-24(2)19-29(33-28-10-8-7-9-27(28)21-30(32)33)26-11-13-35(14-12-26)17-15-34(4,5)16-18-35/h7-10,19-20,22,26H,11-18,21H2,1-6H3/q+1. The summed E-state index contributed by atoms with van der Waals surface area (Å²) in [6.45, 7) is 11.8. The SMILES string of the molecule is Cc1cc(-c2c(C)cc(C3CCC4(CC3)CCC(C)(C)CC4)c3c2Cc2ccccc2-3)[n+](C)cc1C. The maximum atomic E-state index is 2.60. The molecule has 3 aromatic rings. The summed E-state index contributed by atoms with van der Waals surface area (Å²) >= 11 is 0. The highest BCUT2D eigenvalue weighted by Crippen LogP contribution is 2.56. The van der Waals surface area contributed by atoms with E-state index in [1.54, 1.807) is 16.7 Å². The van der Waals surface area contributed by atoms with Crippen LogP contribution in [0.15, 0.2) is 42.6 Å². The molecule has 0 saturated heterocycles. The lowest BCUT2D eigenvalue weighted by atomic mass is 9.58. The summed E-state index contributed by atoms with van der Waals surface area (Å²) in [5.41, 5.74) is 16.0. The second kappa shape index (κ2) is 8.57. The molecular weight excluding hydrogens is 434 g/mol. The largest absolute Gasteiger partial charge is 0.213 e. The maximum Gasteiger partial charge on any atom is 0.213 e. The van der Waals surface area contributed by atoms with E-state index in [1.807, 2.05) is 0 Å². The summed E-state index contributed by atoms with van der Waals surface area (Å²) in [5, 5.41) is 0. The van der Waals surface area contributed by atoms with Crippen LogP contribution in [0.1, 0.15) is 105 Å². The Bertz CT molecular complexity index is 1320. The van der Waals surface area contributed by atoms with Crippen molar-refractivity contribution in [2.75, 3.05) is 0 Å². The molecule has 1 aromatic heterocycles. The van der Waals surface area contributed by atoms with Gasteiger partial charge in [-0.15, -0.1) is 0 Å². The first-order chi connectivity index (χ1) is 17.2. The number of aryl methyl sites for hydroxylation is 4. The van der Waals surface area contributed by atoms with Crippen molar-refractivity contribution in [1.29, 1.82) is 0 Å². The molecule has 2 aromatic carbocycles. The minimum atomic E-state index is 0.560. The molecule has 6 rings (SSSR count).